The van der Waals surface area contributed by atoms with Crippen LogP contribution in [0.15, 0.2) is 48.8 Å². The molecule has 0 spiro atoms. The number of benzene rings is 2. The lowest BCUT2D eigenvalue weighted by Crippen LogP contribution is -2.02. The number of nitrogens with one attached hydrogen (secondary N) is 2. The number of nitriles is 1. The normalized spacial score (nSPS) is 10.8. The van der Waals surface area contributed by atoms with E-state index in [9.17, 15) is 5.26 Å². The highest BCUT2D eigenvalue weighted by atomic mass is 16.5. The monoisotopic (exact) mass is 372 g/mol. The second-order valence-corrected chi connectivity index (χ2v) is 6.22. The van der Waals surface area contributed by atoms with Crippen LogP contribution in [-0.4, -0.2) is 23.2 Å². The lowest BCUT2D eigenvalue weighted by molar-refractivity contribution is 0.290. The maximum atomic E-state index is 9.61. The minimum atomic E-state index is 0.464. The standard InChI is InChI=1S/C22H20N4O2/c1-3-27-19-8-7-17-20(15(12-23)13-25-21(17)22(19)28-4-2)26-16-6-5-14-9-10-24-18(14)11-16/h5-11,13,24H,3-4H2,1-2H3,(H,25,26). The highest BCUT2D eigenvalue weighted by Gasteiger charge is 2.17. The number of aromatic nitrogens is 2. The zero-order valence-corrected chi connectivity index (χ0v) is 15.7. The summed E-state index contributed by atoms with van der Waals surface area (Å²) in [4.78, 5) is 7.69. The molecule has 2 aromatic heterocycles. The molecule has 0 radical (unpaired) electrons. The molecule has 2 N–H and O–H groups in total. The molecule has 0 atom stereocenters. The van der Waals surface area contributed by atoms with Crippen LogP contribution in [0.1, 0.15) is 19.4 Å². The van der Waals surface area contributed by atoms with Crippen LogP contribution in [0, 0.1) is 11.3 Å². The molecule has 0 saturated carbocycles. The van der Waals surface area contributed by atoms with Gasteiger partial charge in [-0.15, -0.1) is 0 Å². The molecule has 0 bridgehead atoms. The molecule has 4 aromatic rings. The summed E-state index contributed by atoms with van der Waals surface area (Å²) in [6.45, 7) is 4.87. The van der Waals surface area contributed by atoms with Crippen molar-refractivity contribution >= 4 is 33.2 Å². The Bertz CT molecular complexity index is 1190. The van der Waals surface area contributed by atoms with Gasteiger partial charge in [-0.3, -0.25) is 4.98 Å². The third-order valence-electron chi connectivity index (χ3n) is 4.49. The Morgan fingerprint density at radius 2 is 1.96 bits per heavy atom. The molecule has 0 amide bonds. The van der Waals surface area contributed by atoms with E-state index in [4.69, 9.17) is 9.47 Å². The molecule has 6 nitrogen and oxygen atoms in total. The Hall–Kier alpha value is -3.72. The van der Waals surface area contributed by atoms with Gasteiger partial charge in [-0.25, -0.2) is 0 Å². The lowest BCUT2D eigenvalue weighted by atomic mass is 10.1. The molecule has 6 heteroatoms. The first-order valence-corrected chi connectivity index (χ1v) is 9.20. The number of hydrogen-bond donors (Lipinski definition) is 2. The van der Waals surface area contributed by atoms with Crippen molar-refractivity contribution in [2.24, 2.45) is 0 Å². The number of pyridine rings is 1. The highest BCUT2D eigenvalue weighted by Crippen LogP contribution is 2.39. The maximum Gasteiger partial charge on any atom is 0.187 e. The summed E-state index contributed by atoms with van der Waals surface area (Å²) in [5, 5.41) is 14.9. The van der Waals surface area contributed by atoms with Crippen molar-refractivity contribution in [2.75, 3.05) is 18.5 Å². The number of nitrogens with zero attached hydrogens (tertiary/aromatic N) is 2. The molecule has 0 saturated heterocycles. The summed E-state index contributed by atoms with van der Waals surface area (Å²) in [6.07, 6.45) is 3.47. The third kappa shape index (κ3) is 3.08. The largest absolute Gasteiger partial charge is 0.490 e. The van der Waals surface area contributed by atoms with E-state index in [0.717, 1.165) is 22.0 Å². The van der Waals surface area contributed by atoms with Crippen LogP contribution in [0.5, 0.6) is 11.5 Å². The van der Waals surface area contributed by atoms with Crippen LogP contribution in [-0.2, 0) is 0 Å². The molecule has 2 heterocycles. The molecule has 140 valence electrons. The van der Waals surface area contributed by atoms with E-state index in [-0.39, 0.29) is 0 Å². The van der Waals surface area contributed by atoms with Crippen LogP contribution in [0.4, 0.5) is 11.4 Å². The zero-order chi connectivity index (χ0) is 19.5. The van der Waals surface area contributed by atoms with Crippen LogP contribution < -0.4 is 14.8 Å². The van der Waals surface area contributed by atoms with Gasteiger partial charge < -0.3 is 19.8 Å². The topological polar surface area (TPSA) is 83.0 Å². The molecule has 2 aromatic carbocycles. The minimum absolute atomic E-state index is 0.464. The predicted molar refractivity (Wildman–Crippen MR) is 110 cm³/mol. The molecule has 0 unspecified atom stereocenters. The average Bonchev–Trinajstić information content (AvgIpc) is 3.18. The Balaban J connectivity index is 1.87. The van der Waals surface area contributed by atoms with Crippen molar-refractivity contribution in [1.29, 1.82) is 5.26 Å². The van der Waals surface area contributed by atoms with Gasteiger partial charge in [0, 0.05) is 29.0 Å². The minimum Gasteiger partial charge on any atom is -0.490 e. The van der Waals surface area contributed by atoms with Crippen molar-refractivity contribution in [2.45, 2.75) is 13.8 Å². The van der Waals surface area contributed by atoms with Crippen LogP contribution in [0.3, 0.4) is 0 Å². The van der Waals surface area contributed by atoms with E-state index in [2.05, 4.69) is 21.4 Å². The third-order valence-corrected chi connectivity index (χ3v) is 4.49. The fraction of sp³-hybridized carbons (Fsp3) is 0.182. The van der Waals surface area contributed by atoms with Crippen LogP contribution >= 0.6 is 0 Å². The molecular formula is C22H20N4O2. The van der Waals surface area contributed by atoms with E-state index < -0.39 is 0 Å². The van der Waals surface area contributed by atoms with Gasteiger partial charge in [0.05, 0.1) is 24.5 Å². The number of aromatic amines is 1. The summed E-state index contributed by atoms with van der Waals surface area (Å²) < 4.78 is 11.5. The molecule has 28 heavy (non-hydrogen) atoms. The number of anilines is 2. The summed E-state index contributed by atoms with van der Waals surface area (Å²) in [6, 6.07) is 14.0. The number of hydrogen-bond acceptors (Lipinski definition) is 5. The van der Waals surface area contributed by atoms with Gasteiger partial charge >= 0.3 is 0 Å². The van der Waals surface area contributed by atoms with Gasteiger partial charge in [-0.2, -0.15) is 5.26 Å². The van der Waals surface area contributed by atoms with E-state index in [1.807, 2.05) is 56.4 Å². The van der Waals surface area contributed by atoms with Crippen molar-refractivity contribution < 1.29 is 9.47 Å². The number of H-pyrrole nitrogens is 1. The maximum absolute atomic E-state index is 9.61. The van der Waals surface area contributed by atoms with E-state index in [1.165, 1.54) is 0 Å². The second-order valence-electron chi connectivity index (χ2n) is 6.22. The van der Waals surface area contributed by atoms with E-state index in [1.54, 1.807) is 6.20 Å². The Morgan fingerprint density at radius 1 is 1.11 bits per heavy atom. The number of fused-ring (bicyclic) bond motifs is 2. The highest BCUT2D eigenvalue weighted by molar-refractivity contribution is 6.00. The van der Waals surface area contributed by atoms with Crippen molar-refractivity contribution in [3.05, 3.63) is 54.4 Å². The number of ether oxygens (including phenoxy) is 2. The van der Waals surface area contributed by atoms with Crippen molar-refractivity contribution in [3.8, 4) is 17.6 Å². The summed E-state index contributed by atoms with van der Waals surface area (Å²) in [5.74, 6) is 1.24. The van der Waals surface area contributed by atoms with E-state index in [0.29, 0.717) is 41.5 Å². The SMILES string of the molecule is CCOc1ccc2c(Nc3ccc4cc[nH]c4c3)c(C#N)cnc2c1OCC. The number of rotatable bonds is 6. The Morgan fingerprint density at radius 3 is 2.75 bits per heavy atom. The van der Waals surface area contributed by atoms with E-state index >= 15 is 0 Å². The molecule has 0 aliphatic carbocycles. The van der Waals surface area contributed by atoms with Gasteiger partial charge in [-0.05, 0) is 49.6 Å². The quantitative estimate of drug-likeness (QED) is 0.490. The van der Waals surface area contributed by atoms with Crippen molar-refractivity contribution in [1.82, 2.24) is 9.97 Å². The van der Waals surface area contributed by atoms with Crippen LogP contribution in [0.25, 0.3) is 21.8 Å². The molecule has 0 fully saturated rings. The van der Waals surface area contributed by atoms with Gasteiger partial charge in [-0.1, -0.05) is 6.07 Å². The zero-order valence-electron chi connectivity index (χ0n) is 15.7. The first-order chi connectivity index (χ1) is 13.7. The second kappa shape index (κ2) is 7.49. The molecule has 0 aliphatic heterocycles. The smallest absolute Gasteiger partial charge is 0.187 e. The van der Waals surface area contributed by atoms with Gasteiger partial charge in [0.1, 0.15) is 11.6 Å². The summed E-state index contributed by atoms with van der Waals surface area (Å²) >= 11 is 0. The molecular weight excluding hydrogens is 352 g/mol. The first kappa shape index (κ1) is 17.7. The summed E-state index contributed by atoms with van der Waals surface area (Å²) in [5.41, 5.74) is 3.73. The lowest BCUT2D eigenvalue weighted by Gasteiger charge is -2.16. The molecule has 0 aliphatic rings. The average molecular weight is 372 g/mol. The van der Waals surface area contributed by atoms with Crippen LogP contribution in [0.2, 0.25) is 0 Å². The van der Waals surface area contributed by atoms with Gasteiger partial charge in [0.2, 0.25) is 0 Å². The Labute approximate surface area is 162 Å². The van der Waals surface area contributed by atoms with Gasteiger partial charge in [0.25, 0.3) is 0 Å². The fourth-order valence-corrected chi connectivity index (χ4v) is 3.26. The molecule has 4 rings (SSSR count). The van der Waals surface area contributed by atoms with Crippen molar-refractivity contribution in [3.63, 3.8) is 0 Å². The predicted octanol–water partition coefficient (Wildman–Crippen LogP) is 5.13. The Kier molecular flexibility index (Phi) is 4.73. The first-order valence-electron chi connectivity index (χ1n) is 9.20. The van der Waals surface area contributed by atoms with Gasteiger partial charge in [0.15, 0.2) is 11.5 Å². The fourth-order valence-electron chi connectivity index (χ4n) is 3.26. The summed E-state index contributed by atoms with van der Waals surface area (Å²) in [7, 11) is 0.